The lowest BCUT2D eigenvalue weighted by molar-refractivity contribution is 0.0922. The molecule has 130 valence electrons. The number of ether oxygens (including phenoxy) is 1. The first-order valence-electron chi connectivity index (χ1n) is 7.82. The molecule has 2 aromatic carbocycles. The lowest BCUT2D eigenvalue weighted by atomic mass is 10.1. The average molecular weight is 378 g/mol. The van der Waals surface area contributed by atoms with Crippen LogP contribution in [0.4, 0.5) is 0 Å². The maximum atomic E-state index is 12.5. The van der Waals surface area contributed by atoms with Crippen LogP contribution in [0.5, 0.6) is 0 Å². The topological polar surface area (TPSA) is 51.5 Å². The molecule has 3 rings (SSSR count). The first kappa shape index (κ1) is 17.8. The normalized spacial score (nSPS) is 11.0. The van der Waals surface area contributed by atoms with Crippen molar-refractivity contribution in [2.75, 3.05) is 13.7 Å². The van der Waals surface area contributed by atoms with E-state index in [1.165, 1.54) is 0 Å². The zero-order chi connectivity index (χ0) is 17.8. The minimum atomic E-state index is -0.276. The molecule has 1 N–H and O–H groups in total. The van der Waals surface area contributed by atoms with Gasteiger partial charge in [0.05, 0.1) is 16.7 Å². The molecule has 1 amide bonds. The van der Waals surface area contributed by atoms with Crippen LogP contribution < -0.4 is 5.32 Å². The first-order chi connectivity index (χ1) is 12.1. The first-order valence-corrected chi connectivity index (χ1v) is 8.58. The summed E-state index contributed by atoms with van der Waals surface area (Å²) in [5.41, 5.74) is 2.30. The molecular weight excluding hydrogens is 361 g/mol. The fraction of sp³-hybridized carbons (Fsp3) is 0.211. The Labute approximate surface area is 155 Å². The number of hydrogen-bond acceptors (Lipinski definition) is 3. The minimum absolute atomic E-state index is 0.276. The van der Waals surface area contributed by atoms with Crippen LogP contribution in [-0.2, 0) is 17.8 Å². The predicted molar refractivity (Wildman–Crippen MR) is 99.4 cm³/mol. The largest absolute Gasteiger partial charge is 0.451 e. The summed E-state index contributed by atoms with van der Waals surface area (Å²) in [5, 5.41) is 4.77. The summed E-state index contributed by atoms with van der Waals surface area (Å²) in [7, 11) is 1.59. The van der Waals surface area contributed by atoms with Crippen molar-refractivity contribution in [1.82, 2.24) is 5.32 Å². The van der Waals surface area contributed by atoms with E-state index in [-0.39, 0.29) is 11.7 Å². The van der Waals surface area contributed by atoms with E-state index >= 15 is 0 Å². The van der Waals surface area contributed by atoms with Crippen LogP contribution in [0.2, 0.25) is 10.0 Å². The SMILES string of the molecule is COCc1c(C(=O)NCCc2cccc(Cl)c2Cl)oc2ccccc12. The fourth-order valence-corrected chi connectivity index (χ4v) is 3.12. The predicted octanol–water partition coefficient (Wildman–Crippen LogP) is 4.86. The van der Waals surface area contributed by atoms with E-state index in [9.17, 15) is 4.79 Å². The molecule has 3 aromatic rings. The van der Waals surface area contributed by atoms with Gasteiger partial charge >= 0.3 is 0 Å². The van der Waals surface area contributed by atoms with Gasteiger partial charge in [0.1, 0.15) is 5.58 Å². The molecule has 0 radical (unpaired) electrons. The molecule has 6 heteroatoms. The number of halogens is 2. The second-order valence-corrected chi connectivity index (χ2v) is 6.34. The summed E-state index contributed by atoms with van der Waals surface area (Å²) in [6.07, 6.45) is 0.574. The Balaban J connectivity index is 1.74. The lowest BCUT2D eigenvalue weighted by Crippen LogP contribution is -2.26. The van der Waals surface area contributed by atoms with Crippen molar-refractivity contribution >= 4 is 40.1 Å². The quantitative estimate of drug-likeness (QED) is 0.667. The second kappa shape index (κ2) is 7.91. The van der Waals surface area contributed by atoms with E-state index < -0.39 is 0 Å². The number of nitrogens with one attached hydrogen (secondary N) is 1. The minimum Gasteiger partial charge on any atom is -0.451 e. The Morgan fingerprint density at radius 3 is 2.76 bits per heavy atom. The molecule has 25 heavy (non-hydrogen) atoms. The number of benzene rings is 2. The summed E-state index contributed by atoms with van der Waals surface area (Å²) in [6.45, 7) is 0.724. The molecule has 0 unspecified atom stereocenters. The van der Waals surface area contributed by atoms with Crippen LogP contribution in [0.1, 0.15) is 21.7 Å². The molecule has 0 aliphatic carbocycles. The highest BCUT2D eigenvalue weighted by molar-refractivity contribution is 6.42. The Bertz CT molecular complexity index is 905. The maximum absolute atomic E-state index is 12.5. The second-order valence-electron chi connectivity index (χ2n) is 5.56. The highest BCUT2D eigenvalue weighted by atomic mass is 35.5. The van der Waals surface area contributed by atoms with Crippen LogP contribution in [0.25, 0.3) is 11.0 Å². The zero-order valence-corrected chi connectivity index (χ0v) is 15.2. The average Bonchev–Trinajstić information content (AvgIpc) is 2.98. The van der Waals surface area contributed by atoms with Crippen molar-refractivity contribution in [2.24, 2.45) is 0 Å². The summed E-state index contributed by atoms with van der Waals surface area (Å²) in [5.74, 6) is 0.00152. The van der Waals surface area contributed by atoms with Gasteiger partial charge in [-0.25, -0.2) is 0 Å². The molecular formula is C19H17Cl2NO3. The number of furan rings is 1. The number of hydrogen-bond donors (Lipinski definition) is 1. The summed E-state index contributed by atoms with van der Waals surface area (Å²) < 4.78 is 10.9. The molecule has 1 aromatic heterocycles. The summed E-state index contributed by atoms with van der Waals surface area (Å²) in [4.78, 5) is 12.5. The van der Waals surface area contributed by atoms with Gasteiger partial charge in [-0.15, -0.1) is 0 Å². The van der Waals surface area contributed by atoms with Gasteiger partial charge in [-0.05, 0) is 24.1 Å². The van der Waals surface area contributed by atoms with Crippen LogP contribution in [0.15, 0.2) is 46.9 Å². The van der Waals surface area contributed by atoms with E-state index in [2.05, 4.69) is 5.32 Å². The van der Waals surface area contributed by atoms with Gasteiger partial charge in [-0.2, -0.15) is 0 Å². The standard InChI is InChI=1S/C19H17Cl2NO3/c1-24-11-14-13-6-2-3-8-16(13)25-18(14)19(23)22-10-9-12-5-4-7-15(20)17(12)21/h2-8H,9-11H2,1H3,(H,22,23). The number of amides is 1. The molecule has 0 spiro atoms. The van der Waals surface area contributed by atoms with Crippen molar-refractivity contribution in [3.8, 4) is 0 Å². The molecule has 4 nitrogen and oxygen atoms in total. The third-order valence-corrected chi connectivity index (χ3v) is 4.76. The maximum Gasteiger partial charge on any atom is 0.287 e. The van der Waals surface area contributed by atoms with Gasteiger partial charge in [0.2, 0.25) is 0 Å². The summed E-state index contributed by atoms with van der Waals surface area (Å²) in [6, 6.07) is 13.0. The number of carbonyl (C=O) groups is 1. The number of fused-ring (bicyclic) bond motifs is 1. The van der Waals surface area contributed by atoms with Gasteiger partial charge in [-0.3, -0.25) is 4.79 Å². The van der Waals surface area contributed by atoms with E-state index in [4.69, 9.17) is 32.4 Å². The number of para-hydroxylation sites is 1. The van der Waals surface area contributed by atoms with Gasteiger partial charge < -0.3 is 14.5 Å². The van der Waals surface area contributed by atoms with Crippen molar-refractivity contribution in [1.29, 1.82) is 0 Å². The Morgan fingerprint density at radius 1 is 1.16 bits per heavy atom. The van der Waals surface area contributed by atoms with Gasteiger partial charge in [0.25, 0.3) is 5.91 Å². The zero-order valence-electron chi connectivity index (χ0n) is 13.6. The fourth-order valence-electron chi connectivity index (χ4n) is 2.70. The molecule has 0 fully saturated rings. The van der Waals surface area contributed by atoms with Crippen LogP contribution >= 0.6 is 23.2 Å². The van der Waals surface area contributed by atoms with Crippen molar-refractivity contribution < 1.29 is 13.9 Å². The van der Waals surface area contributed by atoms with Crippen molar-refractivity contribution in [2.45, 2.75) is 13.0 Å². The monoisotopic (exact) mass is 377 g/mol. The third-order valence-electron chi connectivity index (χ3n) is 3.90. The Kier molecular flexibility index (Phi) is 5.63. The Morgan fingerprint density at radius 2 is 1.96 bits per heavy atom. The van der Waals surface area contributed by atoms with Gasteiger partial charge in [-0.1, -0.05) is 53.5 Å². The number of methoxy groups -OCH3 is 1. The van der Waals surface area contributed by atoms with E-state index in [0.29, 0.717) is 35.2 Å². The smallest absolute Gasteiger partial charge is 0.287 e. The lowest BCUT2D eigenvalue weighted by Gasteiger charge is -2.07. The molecule has 0 aliphatic heterocycles. The van der Waals surface area contributed by atoms with Crippen molar-refractivity contribution in [3.05, 3.63) is 69.4 Å². The number of rotatable bonds is 6. The van der Waals surface area contributed by atoms with Crippen molar-refractivity contribution in [3.63, 3.8) is 0 Å². The summed E-state index contributed by atoms with van der Waals surface area (Å²) >= 11 is 12.2. The van der Waals surface area contributed by atoms with E-state index in [0.717, 1.165) is 16.5 Å². The van der Waals surface area contributed by atoms with E-state index in [1.54, 1.807) is 13.2 Å². The molecule has 1 heterocycles. The van der Waals surface area contributed by atoms with Crippen LogP contribution in [-0.4, -0.2) is 19.6 Å². The molecule has 0 saturated carbocycles. The molecule has 0 atom stereocenters. The van der Waals surface area contributed by atoms with Gasteiger partial charge in [0.15, 0.2) is 5.76 Å². The third kappa shape index (κ3) is 3.82. The van der Waals surface area contributed by atoms with Crippen LogP contribution in [0, 0.1) is 0 Å². The Hall–Kier alpha value is -2.01. The van der Waals surface area contributed by atoms with E-state index in [1.807, 2.05) is 36.4 Å². The molecule has 0 saturated heterocycles. The number of carbonyl (C=O) groups excluding carboxylic acids is 1. The van der Waals surface area contributed by atoms with Gasteiger partial charge in [0, 0.05) is 24.6 Å². The molecule has 0 aliphatic rings. The highest BCUT2D eigenvalue weighted by Gasteiger charge is 2.20. The highest BCUT2D eigenvalue weighted by Crippen LogP contribution is 2.27. The molecule has 0 bridgehead atoms. The van der Waals surface area contributed by atoms with Crippen LogP contribution in [0.3, 0.4) is 0 Å².